The van der Waals surface area contributed by atoms with Crippen LogP contribution in [0.1, 0.15) is 37.4 Å². The van der Waals surface area contributed by atoms with Gasteiger partial charge in [-0.25, -0.2) is 13.1 Å². The molecule has 102 valence electrons. The van der Waals surface area contributed by atoms with Crippen LogP contribution in [-0.4, -0.2) is 41.5 Å². The smallest absolute Gasteiger partial charge is 0.150 e. The fourth-order valence-corrected chi connectivity index (χ4v) is 3.67. The van der Waals surface area contributed by atoms with Crippen molar-refractivity contribution in [1.29, 1.82) is 0 Å². The normalized spacial score (nSPS) is 25.2. The molecule has 0 spiro atoms. The molecule has 0 amide bonds. The molecule has 1 aliphatic rings. The van der Waals surface area contributed by atoms with Gasteiger partial charge in [-0.1, -0.05) is 11.6 Å². The highest BCUT2D eigenvalue weighted by Crippen LogP contribution is 2.31. The quantitative estimate of drug-likeness (QED) is 0.851. The molecule has 1 heterocycles. The molecular weight excluding hydrogens is 252 g/mol. The van der Waals surface area contributed by atoms with Gasteiger partial charge >= 0.3 is 0 Å². The summed E-state index contributed by atoms with van der Waals surface area (Å²) in [5, 5.41) is 7.91. The Morgan fingerprint density at radius 3 is 2.94 bits per heavy atom. The van der Waals surface area contributed by atoms with Crippen LogP contribution >= 0.6 is 0 Å². The predicted octanol–water partition coefficient (Wildman–Crippen LogP) is 0.308. The molecule has 2 unspecified atom stereocenters. The van der Waals surface area contributed by atoms with Gasteiger partial charge in [0.05, 0.1) is 17.0 Å². The molecule has 0 bridgehead atoms. The van der Waals surface area contributed by atoms with Crippen LogP contribution in [0, 0.1) is 0 Å². The summed E-state index contributed by atoms with van der Waals surface area (Å²) in [6, 6.07) is 0.150. The molecule has 0 aliphatic heterocycles. The number of hydrogen-bond donors (Lipinski definition) is 1. The van der Waals surface area contributed by atoms with Gasteiger partial charge in [0.1, 0.15) is 9.84 Å². The van der Waals surface area contributed by atoms with Crippen molar-refractivity contribution in [3.8, 4) is 0 Å². The maximum atomic E-state index is 11.6. The van der Waals surface area contributed by atoms with E-state index in [9.17, 15) is 8.42 Å². The molecule has 1 fully saturated rings. The summed E-state index contributed by atoms with van der Waals surface area (Å²) in [6.07, 6.45) is 7.22. The van der Waals surface area contributed by atoms with Gasteiger partial charge in [-0.3, -0.25) is 0 Å². The molecule has 0 aromatic carbocycles. The maximum Gasteiger partial charge on any atom is 0.150 e. The van der Waals surface area contributed by atoms with Crippen molar-refractivity contribution in [2.75, 3.05) is 12.8 Å². The number of aromatic nitrogens is 3. The van der Waals surface area contributed by atoms with E-state index in [2.05, 4.69) is 10.3 Å². The molecule has 1 aromatic heterocycles. The van der Waals surface area contributed by atoms with Crippen molar-refractivity contribution in [2.24, 2.45) is 5.73 Å². The lowest BCUT2D eigenvalue weighted by molar-refractivity contribution is 0.324. The molecule has 1 aliphatic carbocycles. The molecular formula is C11H20N4O2S. The molecule has 1 aromatic rings. The van der Waals surface area contributed by atoms with Crippen LogP contribution in [-0.2, 0) is 16.3 Å². The molecule has 1 saturated carbocycles. The molecule has 18 heavy (non-hydrogen) atoms. The highest BCUT2D eigenvalue weighted by Gasteiger charge is 2.30. The lowest BCUT2D eigenvalue weighted by Crippen LogP contribution is -2.29. The first kappa shape index (κ1) is 13.5. The molecule has 2 atom stereocenters. The third-order valence-electron chi connectivity index (χ3n) is 3.54. The summed E-state index contributed by atoms with van der Waals surface area (Å²) in [4.78, 5) is 0. The van der Waals surface area contributed by atoms with E-state index in [0.717, 1.165) is 25.0 Å². The van der Waals surface area contributed by atoms with Gasteiger partial charge in [-0.05, 0) is 25.8 Å². The average molecular weight is 272 g/mol. The van der Waals surface area contributed by atoms with E-state index >= 15 is 0 Å². The van der Waals surface area contributed by atoms with Crippen molar-refractivity contribution in [2.45, 2.75) is 43.4 Å². The Kier molecular flexibility index (Phi) is 4.01. The third kappa shape index (κ3) is 3.08. The molecule has 2 rings (SSSR count). The van der Waals surface area contributed by atoms with Gasteiger partial charge in [0, 0.05) is 18.9 Å². The summed E-state index contributed by atoms with van der Waals surface area (Å²) >= 11 is 0. The Labute approximate surface area is 107 Å². The topological polar surface area (TPSA) is 90.9 Å². The molecule has 2 N–H and O–H groups in total. The zero-order valence-electron chi connectivity index (χ0n) is 10.6. The Bertz CT molecular complexity index is 497. The van der Waals surface area contributed by atoms with Crippen LogP contribution in [0.5, 0.6) is 0 Å². The highest BCUT2D eigenvalue weighted by atomic mass is 32.2. The van der Waals surface area contributed by atoms with Crippen LogP contribution in [0.15, 0.2) is 6.20 Å². The largest absolute Gasteiger partial charge is 0.330 e. The summed E-state index contributed by atoms with van der Waals surface area (Å²) in [5.41, 5.74) is 6.35. The highest BCUT2D eigenvalue weighted by molar-refractivity contribution is 7.91. The minimum absolute atomic E-state index is 0.150. The Morgan fingerprint density at radius 1 is 1.50 bits per heavy atom. The zero-order chi connectivity index (χ0) is 13.2. The van der Waals surface area contributed by atoms with E-state index in [1.807, 2.05) is 10.9 Å². The van der Waals surface area contributed by atoms with E-state index in [1.165, 1.54) is 6.26 Å². The minimum Gasteiger partial charge on any atom is -0.330 e. The van der Waals surface area contributed by atoms with Crippen molar-refractivity contribution in [3.05, 3.63) is 11.9 Å². The summed E-state index contributed by atoms with van der Waals surface area (Å²) < 4.78 is 25.0. The maximum absolute atomic E-state index is 11.6. The first-order valence-corrected chi connectivity index (χ1v) is 8.26. The van der Waals surface area contributed by atoms with Crippen molar-refractivity contribution >= 4 is 9.84 Å². The lowest BCUT2D eigenvalue weighted by atomic mass is 9.95. The van der Waals surface area contributed by atoms with Crippen LogP contribution in [0.3, 0.4) is 0 Å². The van der Waals surface area contributed by atoms with Gasteiger partial charge < -0.3 is 5.73 Å². The first-order chi connectivity index (χ1) is 8.50. The first-order valence-electron chi connectivity index (χ1n) is 6.30. The number of sulfone groups is 1. The second-order valence-electron chi connectivity index (χ2n) is 5.00. The molecule has 0 saturated heterocycles. The van der Waals surface area contributed by atoms with Gasteiger partial charge in [-0.15, -0.1) is 5.10 Å². The number of rotatable bonds is 4. The average Bonchev–Trinajstić information content (AvgIpc) is 2.77. The summed E-state index contributed by atoms with van der Waals surface area (Å²) in [7, 11) is -2.95. The van der Waals surface area contributed by atoms with Crippen LogP contribution < -0.4 is 5.73 Å². The van der Waals surface area contributed by atoms with E-state index in [4.69, 9.17) is 5.73 Å². The number of nitrogens with two attached hydrogens (primary N) is 1. The minimum atomic E-state index is -2.95. The molecule has 0 radical (unpaired) electrons. The SMILES string of the molecule is CS(=O)(=O)C1CCCC(n2cc(CCN)nn2)C1. The summed E-state index contributed by atoms with van der Waals surface area (Å²) in [5.74, 6) is 0. The third-order valence-corrected chi connectivity index (χ3v) is 5.18. The Morgan fingerprint density at radius 2 is 2.28 bits per heavy atom. The van der Waals surface area contributed by atoms with E-state index in [0.29, 0.717) is 19.4 Å². The van der Waals surface area contributed by atoms with Crippen LogP contribution in [0.2, 0.25) is 0 Å². The van der Waals surface area contributed by atoms with E-state index in [-0.39, 0.29) is 11.3 Å². The second-order valence-corrected chi connectivity index (χ2v) is 7.33. The fourth-order valence-electron chi connectivity index (χ4n) is 2.50. The van der Waals surface area contributed by atoms with E-state index in [1.54, 1.807) is 0 Å². The van der Waals surface area contributed by atoms with Gasteiger partial charge in [-0.2, -0.15) is 0 Å². The fraction of sp³-hybridized carbons (Fsp3) is 0.818. The van der Waals surface area contributed by atoms with Crippen molar-refractivity contribution in [1.82, 2.24) is 15.0 Å². The number of hydrogen-bond acceptors (Lipinski definition) is 5. The van der Waals surface area contributed by atoms with Crippen molar-refractivity contribution in [3.63, 3.8) is 0 Å². The number of nitrogens with zero attached hydrogens (tertiary/aromatic N) is 3. The van der Waals surface area contributed by atoms with Crippen LogP contribution in [0.4, 0.5) is 0 Å². The monoisotopic (exact) mass is 272 g/mol. The van der Waals surface area contributed by atoms with Crippen molar-refractivity contribution < 1.29 is 8.42 Å². The predicted molar refractivity (Wildman–Crippen MR) is 68.9 cm³/mol. The molecule has 6 nitrogen and oxygen atoms in total. The van der Waals surface area contributed by atoms with Gasteiger partial charge in [0.2, 0.25) is 0 Å². The molecule has 7 heteroatoms. The Hall–Kier alpha value is -0.950. The van der Waals surface area contributed by atoms with Crippen LogP contribution in [0.25, 0.3) is 0 Å². The lowest BCUT2D eigenvalue weighted by Gasteiger charge is -2.27. The van der Waals surface area contributed by atoms with Gasteiger partial charge in [0.15, 0.2) is 0 Å². The van der Waals surface area contributed by atoms with Gasteiger partial charge in [0.25, 0.3) is 0 Å². The Balaban J connectivity index is 2.08. The zero-order valence-corrected chi connectivity index (χ0v) is 11.4. The summed E-state index contributed by atoms with van der Waals surface area (Å²) in [6.45, 7) is 0.551. The second kappa shape index (κ2) is 5.36. The standard InChI is InChI=1S/C11H20N4O2S/c1-18(16,17)11-4-2-3-10(7-11)15-8-9(5-6-12)13-14-15/h8,10-11H,2-7,12H2,1H3. The van der Waals surface area contributed by atoms with E-state index < -0.39 is 9.84 Å².